The lowest BCUT2D eigenvalue weighted by Crippen LogP contribution is -2.12. The highest BCUT2D eigenvalue weighted by atomic mass is 127. The molecule has 3 rings (SSSR count). The van der Waals surface area contributed by atoms with E-state index in [1.807, 2.05) is 22.6 Å². The summed E-state index contributed by atoms with van der Waals surface area (Å²) in [6.07, 6.45) is 6.88. The SMILES string of the molecule is C=C/C(Nc1c(C(=O)O)cc(Cc2ccnc(N)c2F)c2cncn12)=C(F)\C=C(/C)I. The predicted molar refractivity (Wildman–Crippen MR) is 123 cm³/mol. The van der Waals surface area contributed by atoms with Gasteiger partial charge in [-0.2, -0.15) is 0 Å². The van der Waals surface area contributed by atoms with E-state index in [1.165, 1.54) is 47.4 Å². The number of anilines is 2. The fourth-order valence-electron chi connectivity index (χ4n) is 3.02. The number of carboxylic acids is 1. The van der Waals surface area contributed by atoms with Crippen molar-refractivity contribution in [2.45, 2.75) is 13.3 Å². The summed E-state index contributed by atoms with van der Waals surface area (Å²) in [6.45, 7) is 5.31. The molecule has 0 aliphatic heterocycles. The molecule has 160 valence electrons. The van der Waals surface area contributed by atoms with E-state index >= 15 is 0 Å². The molecule has 31 heavy (non-hydrogen) atoms. The maximum Gasteiger partial charge on any atom is 0.339 e. The summed E-state index contributed by atoms with van der Waals surface area (Å²) < 4.78 is 31.1. The fraction of sp³-hybridized carbons (Fsp3) is 0.0952. The second-order valence-corrected chi connectivity index (χ2v) is 8.26. The molecule has 0 saturated heterocycles. The molecule has 3 heterocycles. The molecular weight excluding hydrogens is 519 g/mol. The van der Waals surface area contributed by atoms with E-state index in [4.69, 9.17) is 5.73 Å². The van der Waals surface area contributed by atoms with Crippen LogP contribution in [-0.4, -0.2) is 25.4 Å². The number of carbonyl (C=O) groups is 1. The zero-order chi connectivity index (χ0) is 22.7. The Morgan fingerprint density at radius 3 is 2.84 bits per heavy atom. The Bertz CT molecular complexity index is 1250. The van der Waals surface area contributed by atoms with Gasteiger partial charge in [0.2, 0.25) is 0 Å². The van der Waals surface area contributed by atoms with Crippen molar-refractivity contribution in [3.05, 3.63) is 87.2 Å². The lowest BCUT2D eigenvalue weighted by atomic mass is 10.0. The number of pyridine rings is 2. The van der Waals surface area contributed by atoms with Crippen LogP contribution in [0.5, 0.6) is 0 Å². The standard InChI is InChI=1S/C21H18F2IN5O2/c1-3-16(15(22)6-11(2)24)28-20-14(21(30)31)8-13(17-9-26-10-29(17)20)7-12-4-5-27-19(25)18(12)23/h3-6,8-10,28H,1,7H2,2H3,(H2,25,27)(H,30,31)/b11-6+,16-15-. The molecule has 0 atom stereocenters. The molecular formula is C21H18F2IN5O2. The first-order valence-electron chi connectivity index (χ1n) is 8.96. The Kier molecular flexibility index (Phi) is 6.68. The maximum absolute atomic E-state index is 14.5. The summed E-state index contributed by atoms with van der Waals surface area (Å²) in [5.41, 5.74) is 6.66. The van der Waals surface area contributed by atoms with Crippen LogP contribution in [0.15, 0.2) is 64.7 Å². The molecule has 0 fully saturated rings. The van der Waals surface area contributed by atoms with Gasteiger partial charge in [0, 0.05) is 12.6 Å². The molecule has 3 aromatic heterocycles. The summed E-state index contributed by atoms with van der Waals surface area (Å²) in [7, 11) is 0. The third kappa shape index (κ3) is 4.74. The third-order valence-electron chi connectivity index (χ3n) is 4.43. The fourth-order valence-corrected chi connectivity index (χ4v) is 3.29. The molecule has 0 bridgehead atoms. The first-order chi connectivity index (χ1) is 14.7. The summed E-state index contributed by atoms with van der Waals surface area (Å²) in [6, 6.07) is 2.87. The van der Waals surface area contributed by atoms with E-state index < -0.39 is 17.6 Å². The minimum Gasteiger partial charge on any atom is -0.478 e. The van der Waals surface area contributed by atoms with Crippen LogP contribution in [0.1, 0.15) is 28.4 Å². The lowest BCUT2D eigenvalue weighted by Gasteiger charge is -2.16. The van der Waals surface area contributed by atoms with Crippen LogP contribution in [-0.2, 0) is 6.42 Å². The minimum atomic E-state index is -1.25. The molecule has 0 radical (unpaired) electrons. The Balaban J connectivity index is 2.18. The molecule has 0 spiro atoms. The molecule has 0 aliphatic carbocycles. The van der Waals surface area contributed by atoms with Gasteiger partial charge in [-0.25, -0.2) is 23.5 Å². The summed E-state index contributed by atoms with van der Waals surface area (Å²) in [4.78, 5) is 19.8. The van der Waals surface area contributed by atoms with Crippen molar-refractivity contribution >= 4 is 45.7 Å². The molecule has 0 amide bonds. The molecule has 7 nitrogen and oxygen atoms in total. The van der Waals surface area contributed by atoms with Gasteiger partial charge in [-0.1, -0.05) is 6.58 Å². The zero-order valence-corrected chi connectivity index (χ0v) is 18.5. The van der Waals surface area contributed by atoms with E-state index in [0.29, 0.717) is 14.7 Å². The van der Waals surface area contributed by atoms with E-state index in [-0.39, 0.29) is 34.9 Å². The van der Waals surface area contributed by atoms with Crippen LogP contribution in [0.4, 0.5) is 20.4 Å². The maximum atomic E-state index is 14.5. The predicted octanol–water partition coefficient (Wildman–Crippen LogP) is 4.86. The second kappa shape index (κ2) is 9.25. The van der Waals surface area contributed by atoms with E-state index in [2.05, 4.69) is 21.9 Å². The highest BCUT2D eigenvalue weighted by Crippen LogP contribution is 2.28. The van der Waals surface area contributed by atoms with Gasteiger partial charge in [-0.3, -0.25) is 4.40 Å². The smallest absolute Gasteiger partial charge is 0.339 e. The Morgan fingerprint density at radius 2 is 2.19 bits per heavy atom. The topological polar surface area (TPSA) is 106 Å². The number of nitrogen functional groups attached to an aromatic ring is 1. The van der Waals surface area contributed by atoms with Crippen LogP contribution in [0, 0.1) is 5.82 Å². The van der Waals surface area contributed by atoms with Crippen LogP contribution >= 0.6 is 22.6 Å². The van der Waals surface area contributed by atoms with Crippen molar-refractivity contribution < 1.29 is 18.7 Å². The van der Waals surface area contributed by atoms with Crippen molar-refractivity contribution in [1.82, 2.24) is 14.4 Å². The molecule has 0 aromatic carbocycles. The van der Waals surface area contributed by atoms with Gasteiger partial charge in [-0.05, 0) is 68.5 Å². The van der Waals surface area contributed by atoms with Crippen molar-refractivity contribution in [2.75, 3.05) is 11.1 Å². The number of allylic oxidation sites excluding steroid dienone is 4. The molecule has 0 aliphatic rings. The number of fused-ring (bicyclic) bond motifs is 1. The highest BCUT2D eigenvalue weighted by molar-refractivity contribution is 14.1. The summed E-state index contributed by atoms with van der Waals surface area (Å²) in [5.74, 6) is -2.68. The average Bonchev–Trinajstić information content (AvgIpc) is 3.19. The number of aromatic carboxylic acids is 1. The van der Waals surface area contributed by atoms with Gasteiger partial charge in [0.1, 0.15) is 23.5 Å². The van der Waals surface area contributed by atoms with Crippen LogP contribution < -0.4 is 11.1 Å². The number of aromatic nitrogens is 3. The Morgan fingerprint density at radius 1 is 1.45 bits per heavy atom. The van der Waals surface area contributed by atoms with Gasteiger partial charge in [0.25, 0.3) is 0 Å². The van der Waals surface area contributed by atoms with Crippen molar-refractivity contribution in [3.8, 4) is 0 Å². The molecule has 4 N–H and O–H groups in total. The van der Waals surface area contributed by atoms with E-state index in [9.17, 15) is 18.7 Å². The molecule has 0 unspecified atom stereocenters. The number of hydrogen-bond donors (Lipinski definition) is 3. The van der Waals surface area contributed by atoms with E-state index in [0.717, 1.165) is 0 Å². The Hall–Kier alpha value is -3.28. The third-order valence-corrected chi connectivity index (χ3v) is 4.74. The van der Waals surface area contributed by atoms with Crippen LogP contribution in [0.3, 0.4) is 0 Å². The van der Waals surface area contributed by atoms with Gasteiger partial charge >= 0.3 is 5.97 Å². The monoisotopic (exact) mass is 537 g/mol. The van der Waals surface area contributed by atoms with Crippen molar-refractivity contribution in [1.29, 1.82) is 0 Å². The van der Waals surface area contributed by atoms with Gasteiger partial charge in [0.15, 0.2) is 11.6 Å². The number of nitrogens with zero attached hydrogens (tertiary/aromatic N) is 3. The number of imidazole rings is 1. The summed E-state index contributed by atoms with van der Waals surface area (Å²) in [5, 5.41) is 12.6. The zero-order valence-electron chi connectivity index (χ0n) is 16.4. The van der Waals surface area contributed by atoms with Gasteiger partial charge in [-0.15, -0.1) is 0 Å². The normalized spacial score (nSPS) is 12.6. The highest BCUT2D eigenvalue weighted by Gasteiger charge is 2.20. The Labute approximate surface area is 190 Å². The van der Waals surface area contributed by atoms with Crippen LogP contribution in [0.2, 0.25) is 0 Å². The molecule has 0 saturated carbocycles. The van der Waals surface area contributed by atoms with Gasteiger partial charge in [0.05, 0.1) is 17.4 Å². The summed E-state index contributed by atoms with van der Waals surface area (Å²) >= 11 is 1.96. The quantitative estimate of drug-likeness (QED) is 0.294. The minimum absolute atomic E-state index is 0.00535. The first kappa shape index (κ1) is 22.4. The van der Waals surface area contributed by atoms with Crippen molar-refractivity contribution in [3.63, 3.8) is 0 Å². The number of halogens is 3. The number of rotatable bonds is 7. The number of nitrogens with one attached hydrogen (secondary N) is 1. The number of hydrogen-bond acceptors (Lipinski definition) is 5. The van der Waals surface area contributed by atoms with Crippen molar-refractivity contribution in [2.24, 2.45) is 0 Å². The number of carboxylic acid groups (broad SMARTS) is 1. The largest absolute Gasteiger partial charge is 0.478 e. The first-order valence-corrected chi connectivity index (χ1v) is 10.0. The van der Waals surface area contributed by atoms with Gasteiger partial charge < -0.3 is 16.2 Å². The van der Waals surface area contributed by atoms with E-state index in [1.54, 1.807) is 6.92 Å². The number of nitrogens with two attached hydrogens (primary N) is 1. The lowest BCUT2D eigenvalue weighted by molar-refractivity contribution is 0.0697. The van der Waals surface area contributed by atoms with Crippen LogP contribution in [0.25, 0.3) is 5.52 Å². The molecule has 10 heteroatoms. The average molecular weight is 537 g/mol. The second-order valence-electron chi connectivity index (χ2n) is 6.55. The molecule has 3 aromatic rings.